The summed E-state index contributed by atoms with van der Waals surface area (Å²) in [7, 11) is 0. The highest BCUT2D eigenvalue weighted by atomic mass is 16.3. The maximum Gasteiger partial charge on any atom is 0.0673 e. The summed E-state index contributed by atoms with van der Waals surface area (Å²) in [4.78, 5) is 2.52. The van der Waals surface area contributed by atoms with Crippen LogP contribution < -0.4 is 0 Å². The number of benzene rings is 2. The summed E-state index contributed by atoms with van der Waals surface area (Å²) in [5.41, 5.74) is 11.6. The Morgan fingerprint density at radius 2 is 1.71 bits per heavy atom. The number of aryl methyl sites for hydroxylation is 5. The van der Waals surface area contributed by atoms with E-state index in [1.54, 1.807) is 0 Å². The van der Waals surface area contributed by atoms with Crippen LogP contribution in [-0.2, 0) is 25.8 Å². The first-order valence-corrected chi connectivity index (χ1v) is 11.6. The molecule has 164 valence electrons. The van der Waals surface area contributed by atoms with Crippen molar-refractivity contribution in [3.63, 3.8) is 0 Å². The fraction of sp³-hybridized carbons (Fsp3) is 0.444. The maximum absolute atomic E-state index is 10.5. The van der Waals surface area contributed by atoms with Crippen molar-refractivity contribution in [2.24, 2.45) is 0 Å². The topological polar surface area (TPSA) is 52.2 Å². The van der Waals surface area contributed by atoms with Gasteiger partial charge in [0.15, 0.2) is 0 Å². The highest BCUT2D eigenvalue weighted by molar-refractivity contribution is 5.47. The lowest BCUT2D eigenvalue weighted by Gasteiger charge is -2.43. The number of rotatable bonds is 6. The third kappa shape index (κ3) is 3.95. The van der Waals surface area contributed by atoms with Crippen LogP contribution in [0.1, 0.15) is 70.2 Å². The van der Waals surface area contributed by atoms with E-state index in [9.17, 15) is 5.11 Å². The van der Waals surface area contributed by atoms with E-state index in [-0.39, 0.29) is 18.7 Å². The zero-order valence-corrected chi connectivity index (χ0v) is 19.5. The van der Waals surface area contributed by atoms with Crippen molar-refractivity contribution in [2.75, 3.05) is 6.61 Å². The predicted molar refractivity (Wildman–Crippen MR) is 126 cm³/mol. The minimum Gasteiger partial charge on any atom is -0.395 e. The molecule has 1 aromatic heterocycles. The smallest absolute Gasteiger partial charge is 0.0673 e. The molecule has 2 heterocycles. The summed E-state index contributed by atoms with van der Waals surface area (Å²) < 4.78 is 0. The number of aromatic amines is 1. The lowest BCUT2D eigenvalue weighted by atomic mass is 9.83. The molecule has 0 aliphatic carbocycles. The molecule has 1 aliphatic heterocycles. The van der Waals surface area contributed by atoms with E-state index in [2.05, 4.69) is 81.0 Å². The summed E-state index contributed by atoms with van der Waals surface area (Å²) in [6, 6.07) is 13.4. The van der Waals surface area contributed by atoms with Crippen LogP contribution in [0.15, 0.2) is 36.4 Å². The Balaban J connectivity index is 1.95. The largest absolute Gasteiger partial charge is 0.395 e. The monoisotopic (exact) mass is 417 g/mol. The van der Waals surface area contributed by atoms with Crippen molar-refractivity contribution in [2.45, 2.75) is 72.5 Å². The molecule has 4 nitrogen and oxygen atoms in total. The van der Waals surface area contributed by atoms with Crippen LogP contribution in [0.3, 0.4) is 0 Å². The molecule has 3 aromatic rings. The van der Waals surface area contributed by atoms with Gasteiger partial charge in [-0.15, -0.1) is 0 Å². The quantitative estimate of drug-likeness (QED) is 0.595. The summed E-state index contributed by atoms with van der Waals surface area (Å²) in [6.45, 7) is 12.0. The Labute approximate surface area is 186 Å². The first-order valence-electron chi connectivity index (χ1n) is 11.6. The molecule has 2 N–H and O–H groups in total. The molecule has 0 saturated carbocycles. The van der Waals surface area contributed by atoms with Gasteiger partial charge in [-0.3, -0.25) is 10.00 Å². The van der Waals surface area contributed by atoms with Crippen molar-refractivity contribution in [1.29, 1.82) is 0 Å². The van der Waals surface area contributed by atoms with E-state index >= 15 is 0 Å². The minimum absolute atomic E-state index is 0.0646. The third-order valence-electron chi connectivity index (χ3n) is 6.87. The Hall–Kier alpha value is -2.43. The van der Waals surface area contributed by atoms with Crippen molar-refractivity contribution in [3.8, 4) is 0 Å². The molecular weight excluding hydrogens is 382 g/mol. The van der Waals surface area contributed by atoms with Crippen LogP contribution in [0.25, 0.3) is 0 Å². The number of fused-ring (bicyclic) bond motifs is 1. The van der Waals surface area contributed by atoms with E-state index in [4.69, 9.17) is 5.10 Å². The highest BCUT2D eigenvalue weighted by Crippen LogP contribution is 2.41. The number of aliphatic hydroxyl groups excluding tert-OH is 1. The Morgan fingerprint density at radius 3 is 2.32 bits per heavy atom. The van der Waals surface area contributed by atoms with Crippen LogP contribution in [0.4, 0.5) is 0 Å². The first-order chi connectivity index (χ1) is 15.0. The fourth-order valence-electron chi connectivity index (χ4n) is 5.47. The van der Waals surface area contributed by atoms with Gasteiger partial charge in [0.25, 0.3) is 0 Å². The van der Waals surface area contributed by atoms with Gasteiger partial charge in [-0.1, -0.05) is 55.8 Å². The fourth-order valence-corrected chi connectivity index (χ4v) is 5.47. The number of aliphatic hydroxyl groups is 1. The average Bonchev–Trinajstić information content (AvgIpc) is 3.17. The normalized spacial score (nSPS) is 17.5. The molecule has 2 unspecified atom stereocenters. The zero-order chi connectivity index (χ0) is 22.1. The van der Waals surface area contributed by atoms with Crippen LogP contribution in [0.2, 0.25) is 0 Å². The number of nitrogens with one attached hydrogen (secondary N) is 1. The predicted octanol–water partition coefficient (Wildman–Crippen LogP) is 4.97. The summed E-state index contributed by atoms with van der Waals surface area (Å²) >= 11 is 0. The van der Waals surface area contributed by atoms with Crippen molar-refractivity contribution >= 4 is 0 Å². The van der Waals surface area contributed by atoms with Gasteiger partial charge in [0.1, 0.15) is 0 Å². The lowest BCUT2D eigenvalue weighted by Crippen LogP contribution is -2.45. The molecule has 0 saturated heterocycles. The second-order valence-corrected chi connectivity index (χ2v) is 8.97. The molecule has 1 aliphatic rings. The molecule has 0 bridgehead atoms. The number of hydrogen-bond donors (Lipinski definition) is 2. The molecule has 0 radical (unpaired) electrons. The second-order valence-electron chi connectivity index (χ2n) is 8.97. The Kier molecular flexibility index (Phi) is 6.31. The third-order valence-corrected chi connectivity index (χ3v) is 6.87. The maximum atomic E-state index is 10.5. The standard InChI is InChI=1S/C27H35N3O/c1-6-23-26(24(7-2)29-28-23)27(25-18(4)12-17(3)13-19(25)5)30-15-21-11-9-8-10-20(21)14-22(30)16-31/h8-13,22,27,31H,6-7,14-16H2,1-5H3,(H,28,29). The van der Waals surface area contributed by atoms with E-state index < -0.39 is 0 Å². The summed E-state index contributed by atoms with van der Waals surface area (Å²) in [6.07, 6.45) is 2.67. The van der Waals surface area contributed by atoms with Crippen LogP contribution in [-0.4, -0.2) is 32.9 Å². The van der Waals surface area contributed by atoms with Gasteiger partial charge in [-0.25, -0.2) is 0 Å². The molecule has 2 aromatic carbocycles. The molecule has 0 fully saturated rings. The second kappa shape index (κ2) is 8.97. The minimum atomic E-state index is 0.0646. The Morgan fingerprint density at radius 1 is 1.03 bits per heavy atom. The number of aromatic nitrogens is 2. The number of nitrogens with zero attached hydrogens (tertiary/aromatic N) is 2. The molecule has 31 heavy (non-hydrogen) atoms. The van der Waals surface area contributed by atoms with Crippen LogP contribution in [0.5, 0.6) is 0 Å². The molecule has 0 amide bonds. The Bertz CT molecular complexity index is 1020. The van der Waals surface area contributed by atoms with Gasteiger partial charge in [0.05, 0.1) is 18.3 Å². The van der Waals surface area contributed by atoms with Gasteiger partial charge in [0, 0.05) is 23.8 Å². The highest BCUT2D eigenvalue weighted by Gasteiger charge is 2.37. The number of H-pyrrole nitrogens is 1. The molecule has 4 heteroatoms. The first kappa shape index (κ1) is 21.8. The summed E-state index contributed by atoms with van der Waals surface area (Å²) in [5, 5.41) is 18.5. The van der Waals surface area contributed by atoms with Crippen LogP contribution in [0, 0.1) is 20.8 Å². The van der Waals surface area contributed by atoms with Gasteiger partial charge >= 0.3 is 0 Å². The van der Waals surface area contributed by atoms with Crippen LogP contribution >= 0.6 is 0 Å². The van der Waals surface area contributed by atoms with Crippen molar-refractivity contribution < 1.29 is 5.11 Å². The van der Waals surface area contributed by atoms with Gasteiger partial charge in [0.2, 0.25) is 0 Å². The molecule has 2 atom stereocenters. The van der Waals surface area contributed by atoms with Gasteiger partial charge < -0.3 is 5.11 Å². The number of hydrogen-bond acceptors (Lipinski definition) is 3. The van der Waals surface area contributed by atoms with E-state index in [1.165, 1.54) is 44.6 Å². The summed E-state index contributed by atoms with van der Waals surface area (Å²) in [5.74, 6) is 0. The SMILES string of the molecule is CCc1n[nH]c(CC)c1C(c1c(C)cc(C)cc1C)N1Cc2ccccc2CC1CO. The molecule has 4 rings (SSSR count). The lowest BCUT2D eigenvalue weighted by molar-refractivity contribution is 0.0788. The van der Waals surface area contributed by atoms with E-state index in [1.807, 2.05) is 0 Å². The van der Waals surface area contributed by atoms with Crippen molar-refractivity contribution in [3.05, 3.63) is 86.7 Å². The van der Waals surface area contributed by atoms with Gasteiger partial charge in [-0.05, 0) is 67.9 Å². The van der Waals surface area contributed by atoms with Gasteiger partial charge in [-0.2, -0.15) is 5.10 Å². The average molecular weight is 418 g/mol. The van der Waals surface area contributed by atoms with E-state index in [0.29, 0.717) is 0 Å². The zero-order valence-electron chi connectivity index (χ0n) is 19.5. The molecular formula is C27H35N3O. The van der Waals surface area contributed by atoms with Crippen molar-refractivity contribution in [1.82, 2.24) is 15.1 Å². The van der Waals surface area contributed by atoms with E-state index in [0.717, 1.165) is 31.5 Å². The molecule has 0 spiro atoms.